The van der Waals surface area contributed by atoms with Crippen molar-refractivity contribution >= 4 is 41.4 Å². The van der Waals surface area contributed by atoms with E-state index >= 15 is 0 Å². The molecule has 0 bridgehead atoms. The Hall–Kier alpha value is -1.62. The summed E-state index contributed by atoms with van der Waals surface area (Å²) in [5, 5.41) is 15.5. The van der Waals surface area contributed by atoms with E-state index in [9.17, 15) is 0 Å². The molecule has 1 aliphatic heterocycles. The monoisotopic (exact) mass is 453 g/mol. The Labute approximate surface area is 190 Å². The van der Waals surface area contributed by atoms with Crippen LogP contribution in [0.4, 0.5) is 0 Å². The third-order valence-electron chi connectivity index (χ3n) is 4.91. The molecule has 1 aromatic rings. The highest BCUT2D eigenvalue weighted by atomic mass is 32.1. The molecule has 1 aromatic heterocycles. The topological polar surface area (TPSA) is 89.2 Å². The fraction of sp³-hybridized carbons (Fsp3) is 0.650. The molecule has 0 saturated carbocycles. The van der Waals surface area contributed by atoms with Crippen LogP contribution in [-0.4, -0.2) is 53.1 Å². The normalized spacial score (nSPS) is 18.0. The minimum Gasteiger partial charge on any atom is -0.458 e. The van der Waals surface area contributed by atoms with Gasteiger partial charge in [0.2, 0.25) is 0 Å². The van der Waals surface area contributed by atoms with Crippen molar-refractivity contribution < 1.29 is 4.42 Å². The lowest BCUT2D eigenvalue weighted by Gasteiger charge is -2.31. The van der Waals surface area contributed by atoms with Gasteiger partial charge in [0, 0.05) is 6.54 Å². The molecule has 2 heterocycles. The molecule has 0 aromatic carbocycles. The van der Waals surface area contributed by atoms with E-state index in [1.165, 1.54) is 19.3 Å². The largest absolute Gasteiger partial charge is 0.458 e. The maximum Gasteiger partial charge on any atom is 0.186 e. The third kappa shape index (κ3) is 7.57. The number of nitrogens with one attached hydrogen (secondary N) is 4. The number of furan rings is 1. The van der Waals surface area contributed by atoms with E-state index in [1.807, 2.05) is 32.9 Å². The van der Waals surface area contributed by atoms with Gasteiger partial charge in [-0.3, -0.25) is 21.1 Å². The first-order chi connectivity index (χ1) is 14.5. The minimum absolute atomic E-state index is 0.224. The predicted molar refractivity (Wildman–Crippen MR) is 131 cm³/mol. The Balaban J connectivity index is 2.21. The van der Waals surface area contributed by atoms with Gasteiger partial charge in [0.25, 0.3) is 0 Å². The quantitative estimate of drug-likeness (QED) is 0.122. The van der Waals surface area contributed by atoms with Crippen LogP contribution in [0.2, 0.25) is 0 Å². The lowest BCUT2D eigenvalue weighted by atomic mass is 10.1. The van der Waals surface area contributed by atoms with Crippen LogP contribution in [-0.2, 0) is 0 Å². The summed E-state index contributed by atoms with van der Waals surface area (Å²) in [4.78, 5) is 2.46. The number of nitrogens with zero attached hydrogens (tertiary/aromatic N) is 3. The van der Waals surface area contributed by atoms with Gasteiger partial charge in [-0.25, -0.2) is 0 Å². The van der Waals surface area contributed by atoms with E-state index < -0.39 is 0 Å². The first-order valence-corrected chi connectivity index (χ1v) is 11.6. The van der Waals surface area contributed by atoms with Crippen LogP contribution in [0.5, 0.6) is 0 Å². The molecule has 0 aliphatic carbocycles. The van der Waals surface area contributed by atoms with Crippen LogP contribution < -0.4 is 21.5 Å². The summed E-state index contributed by atoms with van der Waals surface area (Å²) < 4.78 is 6.21. The van der Waals surface area contributed by atoms with Crippen molar-refractivity contribution in [3.63, 3.8) is 0 Å². The van der Waals surface area contributed by atoms with Gasteiger partial charge in [-0.2, -0.15) is 10.2 Å². The molecule has 8 nitrogen and oxygen atoms in total. The first-order valence-electron chi connectivity index (χ1n) is 10.6. The summed E-state index contributed by atoms with van der Waals surface area (Å²) in [7, 11) is 0. The van der Waals surface area contributed by atoms with Gasteiger partial charge < -0.3 is 9.73 Å². The summed E-state index contributed by atoms with van der Waals surface area (Å²) in [6, 6.07) is 4.18. The molecular formula is C20H35N7OS2. The van der Waals surface area contributed by atoms with Gasteiger partial charge in [-0.15, -0.1) is 12.6 Å². The third-order valence-corrected chi connectivity index (χ3v) is 5.45. The van der Waals surface area contributed by atoms with Crippen molar-refractivity contribution in [2.45, 2.75) is 58.5 Å². The number of piperidine rings is 1. The maximum absolute atomic E-state index is 6.21. The number of likely N-dealkylation sites (tertiary alicyclic amines) is 1. The molecule has 1 saturated heterocycles. The van der Waals surface area contributed by atoms with Crippen molar-refractivity contribution in [1.82, 2.24) is 26.4 Å². The predicted octanol–water partition coefficient (Wildman–Crippen LogP) is 2.80. The molecule has 0 radical (unpaired) electrons. The highest BCUT2D eigenvalue weighted by Crippen LogP contribution is 2.26. The summed E-state index contributed by atoms with van der Waals surface area (Å²) in [6.07, 6.45) is 3.79. The zero-order valence-corrected chi connectivity index (χ0v) is 20.1. The number of hydrazone groups is 2. The van der Waals surface area contributed by atoms with Gasteiger partial charge >= 0.3 is 0 Å². The number of rotatable bonds is 10. The molecular weight excluding hydrogens is 418 g/mol. The number of hydrogen-bond acceptors (Lipinski definition) is 8. The second kappa shape index (κ2) is 12.9. The Morgan fingerprint density at radius 1 is 1.20 bits per heavy atom. The summed E-state index contributed by atoms with van der Waals surface area (Å²) in [5.41, 5.74) is 6.82. The smallest absolute Gasteiger partial charge is 0.186 e. The molecule has 168 valence electrons. The summed E-state index contributed by atoms with van der Waals surface area (Å²) in [5.74, 6) is 1.57. The second-order valence-corrected chi connectivity index (χ2v) is 8.12. The van der Waals surface area contributed by atoms with E-state index in [0.29, 0.717) is 28.8 Å². The highest BCUT2D eigenvalue weighted by Gasteiger charge is 2.22. The minimum atomic E-state index is -0.256. The SMILES string of the molecule is CCNC(=S)N/N=C(/C(C)=N/NC(S)NCC)c1ccc(C(C)N2CCCCC2)o1. The summed E-state index contributed by atoms with van der Waals surface area (Å²) in [6.45, 7) is 11.8. The Morgan fingerprint density at radius 2 is 1.93 bits per heavy atom. The fourth-order valence-electron chi connectivity index (χ4n) is 3.26. The molecule has 1 aliphatic rings. The molecule has 2 rings (SSSR count). The van der Waals surface area contributed by atoms with Crippen LogP contribution in [0.3, 0.4) is 0 Å². The molecule has 2 atom stereocenters. The molecule has 1 fully saturated rings. The van der Waals surface area contributed by atoms with Crippen molar-refractivity contribution in [2.24, 2.45) is 10.2 Å². The average Bonchev–Trinajstić information content (AvgIpc) is 3.22. The summed E-state index contributed by atoms with van der Waals surface area (Å²) >= 11 is 9.63. The maximum atomic E-state index is 6.21. The van der Waals surface area contributed by atoms with Crippen LogP contribution >= 0.6 is 24.8 Å². The molecule has 2 unspecified atom stereocenters. The standard InChI is InChI=1S/C20H35N7OS2/c1-5-21-19(29)25-23-14(3)18(24-26-20(30)22-6-2)17-11-10-16(28-17)15(4)27-12-8-7-9-13-27/h10-11,15,19,21,25,29H,5-9,12-13H2,1-4H3,(H2,22,26,30)/b23-14+,24-18-. The molecule has 30 heavy (non-hydrogen) atoms. The van der Waals surface area contributed by atoms with Crippen LogP contribution in [0, 0.1) is 0 Å². The van der Waals surface area contributed by atoms with E-state index in [-0.39, 0.29) is 11.5 Å². The lowest BCUT2D eigenvalue weighted by molar-refractivity contribution is 0.157. The number of thiol groups is 1. The van der Waals surface area contributed by atoms with Crippen molar-refractivity contribution in [3.05, 3.63) is 23.7 Å². The van der Waals surface area contributed by atoms with Gasteiger partial charge in [0.15, 0.2) is 10.9 Å². The van der Waals surface area contributed by atoms with Gasteiger partial charge in [0.1, 0.15) is 17.0 Å². The Kier molecular flexibility index (Phi) is 10.6. The highest BCUT2D eigenvalue weighted by molar-refractivity contribution is 7.80. The number of thiocarbonyl (C=S) groups is 1. The van der Waals surface area contributed by atoms with Gasteiger partial charge in [-0.1, -0.05) is 13.3 Å². The lowest BCUT2D eigenvalue weighted by Crippen LogP contribution is -2.36. The van der Waals surface area contributed by atoms with E-state index in [1.54, 1.807) is 0 Å². The van der Waals surface area contributed by atoms with Crippen LogP contribution in [0.15, 0.2) is 26.8 Å². The first kappa shape index (κ1) is 24.6. The van der Waals surface area contributed by atoms with Crippen molar-refractivity contribution in [3.8, 4) is 0 Å². The molecule has 10 heteroatoms. The molecule has 4 N–H and O–H groups in total. The Morgan fingerprint density at radius 3 is 2.60 bits per heavy atom. The van der Waals surface area contributed by atoms with Crippen molar-refractivity contribution in [1.29, 1.82) is 0 Å². The average molecular weight is 454 g/mol. The molecule has 0 spiro atoms. The zero-order valence-electron chi connectivity index (χ0n) is 18.4. The van der Waals surface area contributed by atoms with Crippen LogP contribution in [0.1, 0.15) is 64.5 Å². The second-order valence-electron chi connectivity index (χ2n) is 7.19. The van der Waals surface area contributed by atoms with E-state index in [4.69, 9.17) is 16.6 Å². The van der Waals surface area contributed by atoms with E-state index in [0.717, 1.165) is 25.4 Å². The van der Waals surface area contributed by atoms with Crippen molar-refractivity contribution in [2.75, 3.05) is 26.2 Å². The van der Waals surface area contributed by atoms with Gasteiger partial charge in [0.05, 0.1) is 11.8 Å². The Bertz CT molecular complexity index is 728. The number of hydrogen-bond donors (Lipinski definition) is 5. The molecule has 0 amide bonds. The van der Waals surface area contributed by atoms with Gasteiger partial charge in [-0.05, 0) is 77.6 Å². The van der Waals surface area contributed by atoms with Crippen LogP contribution in [0.25, 0.3) is 0 Å². The van der Waals surface area contributed by atoms with E-state index in [2.05, 4.69) is 56.1 Å². The zero-order chi connectivity index (χ0) is 21.9. The fourth-order valence-corrected chi connectivity index (χ4v) is 3.69.